The van der Waals surface area contributed by atoms with Crippen LogP contribution in [-0.2, 0) is 11.3 Å². The minimum absolute atomic E-state index is 0.00679. The minimum Gasteiger partial charge on any atom is -0.348 e. The van der Waals surface area contributed by atoms with Crippen LogP contribution in [0.25, 0.3) is 11.5 Å². The van der Waals surface area contributed by atoms with Crippen molar-refractivity contribution in [3.8, 4) is 11.5 Å². The lowest BCUT2D eigenvalue weighted by molar-refractivity contribution is -0.384. The van der Waals surface area contributed by atoms with Crippen molar-refractivity contribution < 1.29 is 18.6 Å². The van der Waals surface area contributed by atoms with Crippen LogP contribution in [0.1, 0.15) is 12.7 Å². The maximum Gasteiger partial charge on any atom is 0.269 e. The van der Waals surface area contributed by atoms with Gasteiger partial charge in [-0.05, 0) is 37.3 Å². The molecule has 144 valence electrons. The Bertz CT molecular complexity index is 993. The average molecular weight is 402 g/mol. The largest absolute Gasteiger partial charge is 0.348 e. The molecule has 3 rings (SSSR count). The van der Waals surface area contributed by atoms with E-state index in [0.29, 0.717) is 5.56 Å². The van der Waals surface area contributed by atoms with Gasteiger partial charge in [0.25, 0.3) is 11.6 Å². The molecule has 1 N–H and O–H groups in total. The van der Waals surface area contributed by atoms with Crippen molar-refractivity contribution in [1.82, 2.24) is 15.5 Å². The summed E-state index contributed by atoms with van der Waals surface area (Å²) >= 11 is 1.27. The van der Waals surface area contributed by atoms with Gasteiger partial charge in [-0.1, -0.05) is 11.2 Å². The molecule has 0 saturated carbocycles. The van der Waals surface area contributed by atoms with E-state index in [1.165, 1.54) is 42.1 Å². The Hall–Kier alpha value is -3.27. The molecule has 0 fully saturated rings. The lowest BCUT2D eigenvalue weighted by Gasteiger charge is -2.10. The van der Waals surface area contributed by atoms with Gasteiger partial charge in [-0.2, -0.15) is 4.98 Å². The predicted molar refractivity (Wildman–Crippen MR) is 100.0 cm³/mol. The van der Waals surface area contributed by atoms with Crippen LogP contribution in [0, 0.1) is 15.9 Å². The molecule has 28 heavy (non-hydrogen) atoms. The zero-order valence-corrected chi connectivity index (χ0v) is 15.5. The second-order valence-electron chi connectivity index (χ2n) is 5.76. The highest BCUT2D eigenvalue weighted by Crippen LogP contribution is 2.25. The molecule has 0 aliphatic heterocycles. The monoisotopic (exact) mass is 402 g/mol. The number of halogens is 1. The molecule has 0 spiro atoms. The second-order valence-corrected chi connectivity index (χ2v) is 7.17. The highest BCUT2D eigenvalue weighted by molar-refractivity contribution is 8.00. The molecular formula is C18H15FN4O4S. The number of nitro benzene ring substituents is 1. The number of hydrogen-bond acceptors (Lipinski definition) is 7. The lowest BCUT2D eigenvalue weighted by Crippen LogP contribution is -2.30. The number of hydrogen-bond donors (Lipinski definition) is 1. The van der Waals surface area contributed by atoms with E-state index in [1.54, 1.807) is 25.1 Å². The molecule has 0 saturated heterocycles. The molecular weight excluding hydrogens is 387 g/mol. The molecule has 3 aromatic rings. The normalized spacial score (nSPS) is 11.8. The Morgan fingerprint density at radius 3 is 2.75 bits per heavy atom. The number of benzene rings is 2. The fraction of sp³-hybridized carbons (Fsp3) is 0.167. The maximum absolute atomic E-state index is 13.3. The van der Waals surface area contributed by atoms with Crippen LogP contribution in [0.2, 0.25) is 0 Å². The molecule has 0 aliphatic rings. The van der Waals surface area contributed by atoms with E-state index in [0.717, 1.165) is 4.90 Å². The smallest absolute Gasteiger partial charge is 0.269 e. The van der Waals surface area contributed by atoms with Crippen LogP contribution in [0.4, 0.5) is 10.1 Å². The zero-order valence-electron chi connectivity index (χ0n) is 14.7. The fourth-order valence-corrected chi connectivity index (χ4v) is 3.17. The quantitative estimate of drug-likeness (QED) is 0.365. The number of carbonyl (C=O) groups is 1. The van der Waals surface area contributed by atoms with Crippen molar-refractivity contribution in [3.63, 3.8) is 0 Å². The summed E-state index contributed by atoms with van der Waals surface area (Å²) in [6, 6.07) is 11.7. The van der Waals surface area contributed by atoms with Gasteiger partial charge in [-0.25, -0.2) is 4.39 Å². The van der Waals surface area contributed by atoms with E-state index in [4.69, 9.17) is 4.52 Å². The first-order valence-electron chi connectivity index (χ1n) is 8.20. The van der Waals surface area contributed by atoms with Crippen LogP contribution in [-0.4, -0.2) is 26.2 Å². The Morgan fingerprint density at radius 1 is 1.32 bits per heavy atom. The van der Waals surface area contributed by atoms with Crippen LogP contribution in [0.15, 0.2) is 57.9 Å². The molecule has 0 radical (unpaired) electrons. The van der Waals surface area contributed by atoms with Gasteiger partial charge in [0, 0.05) is 22.6 Å². The van der Waals surface area contributed by atoms with Crippen molar-refractivity contribution in [2.24, 2.45) is 0 Å². The van der Waals surface area contributed by atoms with Gasteiger partial charge >= 0.3 is 0 Å². The number of nitro groups is 1. The third-order valence-corrected chi connectivity index (χ3v) is 4.80. The summed E-state index contributed by atoms with van der Waals surface area (Å²) in [5, 5.41) is 16.7. The summed E-state index contributed by atoms with van der Waals surface area (Å²) in [5.74, 6) is -0.236. The van der Waals surface area contributed by atoms with E-state index < -0.39 is 16.0 Å². The van der Waals surface area contributed by atoms with Crippen molar-refractivity contribution in [1.29, 1.82) is 0 Å². The Kier molecular flexibility index (Phi) is 5.99. The summed E-state index contributed by atoms with van der Waals surface area (Å²) in [6.07, 6.45) is 0. The Balaban J connectivity index is 1.54. The van der Waals surface area contributed by atoms with Gasteiger partial charge in [0.2, 0.25) is 5.91 Å². The van der Waals surface area contributed by atoms with E-state index >= 15 is 0 Å². The number of amides is 1. The third-order valence-electron chi connectivity index (χ3n) is 3.69. The zero-order chi connectivity index (χ0) is 20.1. The van der Waals surface area contributed by atoms with Crippen LogP contribution < -0.4 is 5.32 Å². The number of carbonyl (C=O) groups excluding carboxylic acids is 1. The fourth-order valence-electron chi connectivity index (χ4n) is 2.28. The molecule has 10 heteroatoms. The summed E-state index contributed by atoms with van der Waals surface area (Å²) in [7, 11) is 0. The number of aromatic nitrogens is 2. The number of nitrogens with one attached hydrogen (secondary N) is 1. The van der Waals surface area contributed by atoms with Gasteiger partial charge in [0.05, 0.1) is 16.7 Å². The molecule has 0 bridgehead atoms. The van der Waals surface area contributed by atoms with Gasteiger partial charge in [0.1, 0.15) is 5.82 Å². The summed E-state index contributed by atoms with van der Waals surface area (Å²) in [5.41, 5.74) is 0.444. The van der Waals surface area contributed by atoms with Crippen molar-refractivity contribution in [2.75, 3.05) is 0 Å². The number of nitrogens with zero attached hydrogens (tertiary/aromatic N) is 3. The van der Waals surface area contributed by atoms with E-state index in [2.05, 4.69) is 15.5 Å². The van der Waals surface area contributed by atoms with Crippen molar-refractivity contribution in [3.05, 3.63) is 70.3 Å². The van der Waals surface area contributed by atoms with E-state index in [1.807, 2.05) is 0 Å². The molecule has 0 aliphatic carbocycles. The molecule has 1 aromatic heterocycles. The number of rotatable bonds is 7. The first-order chi connectivity index (χ1) is 13.4. The van der Waals surface area contributed by atoms with E-state index in [9.17, 15) is 19.3 Å². The van der Waals surface area contributed by atoms with Gasteiger partial charge in [-0.3, -0.25) is 14.9 Å². The first kappa shape index (κ1) is 19.5. The van der Waals surface area contributed by atoms with Gasteiger partial charge < -0.3 is 9.84 Å². The SMILES string of the molecule is C[C@H](Sc1ccc([N+](=O)[O-])cc1)C(=O)NCc1noc(-c2cccc(F)c2)n1. The number of thioether (sulfide) groups is 1. The molecule has 0 unspecified atom stereocenters. The summed E-state index contributed by atoms with van der Waals surface area (Å²) in [6.45, 7) is 1.78. The maximum atomic E-state index is 13.3. The summed E-state index contributed by atoms with van der Waals surface area (Å²) < 4.78 is 18.3. The Labute approximate surface area is 163 Å². The van der Waals surface area contributed by atoms with Crippen LogP contribution >= 0.6 is 11.8 Å². The highest BCUT2D eigenvalue weighted by atomic mass is 32.2. The van der Waals surface area contributed by atoms with Gasteiger partial charge in [-0.15, -0.1) is 11.8 Å². The molecule has 1 atom stereocenters. The average Bonchev–Trinajstić information content (AvgIpc) is 3.15. The van der Waals surface area contributed by atoms with Crippen LogP contribution in [0.5, 0.6) is 0 Å². The third kappa shape index (κ3) is 4.92. The number of non-ortho nitro benzene ring substituents is 1. The molecule has 1 heterocycles. The van der Waals surface area contributed by atoms with E-state index in [-0.39, 0.29) is 29.9 Å². The van der Waals surface area contributed by atoms with Gasteiger partial charge in [0.15, 0.2) is 5.82 Å². The molecule has 2 aromatic carbocycles. The second kappa shape index (κ2) is 8.61. The van der Waals surface area contributed by atoms with Crippen LogP contribution in [0.3, 0.4) is 0 Å². The van der Waals surface area contributed by atoms with Crippen molar-refractivity contribution >= 4 is 23.4 Å². The Morgan fingerprint density at radius 2 is 2.07 bits per heavy atom. The molecule has 8 nitrogen and oxygen atoms in total. The lowest BCUT2D eigenvalue weighted by atomic mass is 10.2. The predicted octanol–water partition coefficient (Wildman–Crippen LogP) is 3.58. The first-order valence-corrected chi connectivity index (χ1v) is 9.07. The highest BCUT2D eigenvalue weighted by Gasteiger charge is 2.16. The van der Waals surface area contributed by atoms with Crippen molar-refractivity contribution in [2.45, 2.75) is 23.6 Å². The standard InChI is InChI=1S/C18H15FN4O4S/c1-11(28-15-7-5-14(6-8-15)23(25)26)17(24)20-10-16-21-18(27-22-16)12-3-2-4-13(19)9-12/h2-9,11H,10H2,1H3,(H,20,24)/t11-/m0/s1. The summed E-state index contributed by atoms with van der Waals surface area (Å²) in [4.78, 5) is 27.3. The molecule has 1 amide bonds. The topological polar surface area (TPSA) is 111 Å². The minimum atomic E-state index is -0.479.